The molecule has 0 bridgehead atoms. The Labute approximate surface area is 192 Å². The Balaban J connectivity index is 1.32. The van der Waals surface area contributed by atoms with E-state index in [9.17, 15) is 0 Å². The lowest BCUT2D eigenvalue weighted by Crippen LogP contribution is -2.51. The van der Waals surface area contributed by atoms with E-state index in [4.69, 9.17) is 18.0 Å². The molecule has 1 fully saturated rings. The number of rotatable bonds is 5. The molecule has 1 aromatic heterocycles. The summed E-state index contributed by atoms with van der Waals surface area (Å²) < 4.78 is 0. The first-order chi connectivity index (χ1) is 15.2. The number of nitrogens with two attached hydrogens (primary N) is 1. The summed E-state index contributed by atoms with van der Waals surface area (Å²) in [6.07, 6.45) is 1.74. The quantitative estimate of drug-likeness (QED) is 0.268. The zero-order chi connectivity index (χ0) is 21.5. The number of para-hydroxylation sites is 1. The second-order valence-corrected chi connectivity index (χ2v) is 8.55. The third-order valence-corrected chi connectivity index (χ3v) is 6.28. The molecule has 8 heteroatoms. The second-order valence-electron chi connectivity index (χ2n) is 7.02. The summed E-state index contributed by atoms with van der Waals surface area (Å²) >= 11 is 7.17. The largest absolute Gasteiger partial charge is 0.380 e. The smallest absolute Gasteiger partial charge is 0.189 e. The van der Waals surface area contributed by atoms with Crippen molar-refractivity contribution in [2.45, 2.75) is 9.79 Å². The molecule has 0 atom stereocenters. The Morgan fingerprint density at radius 2 is 1.61 bits per heavy atom. The fourth-order valence-corrected chi connectivity index (χ4v) is 4.37. The lowest BCUT2D eigenvalue weighted by Gasteiger charge is -2.36. The van der Waals surface area contributed by atoms with E-state index in [2.05, 4.69) is 61.7 Å². The number of hydrogen-bond acceptors (Lipinski definition) is 5. The molecule has 3 aromatic rings. The van der Waals surface area contributed by atoms with Gasteiger partial charge in [0.05, 0.1) is 0 Å². The van der Waals surface area contributed by atoms with Crippen molar-refractivity contribution in [3.63, 3.8) is 0 Å². The summed E-state index contributed by atoms with van der Waals surface area (Å²) in [6.45, 7) is 3.48. The Morgan fingerprint density at radius 1 is 0.935 bits per heavy atom. The van der Waals surface area contributed by atoms with Crippen LogP contribution in [0.15, 0.2) is 93.9 Å². The molecular weight excluding hydrogens is 424 g/mol. The Bertz CT molecular complexity index is 1030. The van der Waals surface area contributed by atoms with Gasteiger partial charge in [0, 0.05) is 47.9 Å². The molecule has 3 N–H and O–H groups in total. The first kappa shape index (κ1) is 21.1. The number of hydrogen-bond donors (Lipinski definition) is 2. The van der Waals surface area contributed by atoms with E-state index >= 15 is 0 Å². The summed E-state index contributed by atoms with van der Waals surface area (Å²) in [6, 6.07) is 24.5. The lowest BCUT2D eigenvalue weighted by atomic mass is 10.2. The van der Waals surface area contributed by atoms with Crippen LogP contribution in [0.25, 0.3) is 0 Å². The summed E-state index contributed by atoms with van der Waals surface area (Å²) in [5.74, 6) is 0.306. The minimum absolute atomic E-state index is 0.306. The number of hydrazone groups is 1. The second kappa shape index (κ2) is 10.3. The predicted octanol–water partition coefficient (Wildman–Crippen LogP) is 3.55. The molecular formula is C23H24N6S2. The standard InChI is InChI=1S/C23H24N6S2/c24-22(21-17-20(11-12-25-21)31-19-9-5-2-6-10-19)26-27-23(30)29-15-13-28(14-16-29)18-7-3-1-4-8-18/h1-12,17H,13-16H2,(H2,24,26)(H,27,30). The highest BCUT2D eigenvalue weighted by Gasteiger charge is 2.19. The first-order valence-corrected chi connectivity index (χ1v) is 11.3. The molecule has 2 aromatic carbocycles. The van der Waals surface area contributed by atoms with Crippen molar-refractivity contribution in [3.8, 4) is 0 Å². The average Bonchev–Trinajstić information content (AvgIpc) is 2.84. The van der Waals surface area contributed by atoms with Crippen molar-refractivity contribution in [1.29, 1.82) is 0 Å². The van der Waals surface area contributed by atoms with E-state index in [0.717, 1.165) is 36.0 Å². The van der Waals surface area contributed by atoms with Gasteiger partial charge in [-0.25, -0.2) is 0 Å². The van der Waals surface area contributed by atoms with Gasteiger partial charge < -0.3 is 15.5 Å². The summed E-state index contributed by atoms with van der Waals surface area (Å²) in [5.41, 5.74) is 10.9. The average molecular weight is 449 g/mol. The van der Waals surface area contributed by atoms with E-state index in [1.54, 1.807) is 18.0 Å². The minimum Gasteiger partial charge on any atom is -0.380 e. The zero-order valence-electron chi connectivity index (χ0n) is 17.0. The van der Waals surface area contributed by atoms with Gasteiger partial charge in [-0.15, -0.1) is 0 Å². The number of anilines is 1. The van der Waals surface area contributed by atoms with Gasteiger partial charge in [-0.05, 0) is 48.6 Å². The molecule has 0 aliphatic carbocycles. The lowest BCUT2D eigenvalue weighted by molar-refractivity contribution is 0.381. The summed E-state index contributed by atoms with van der Waals surface area (Å²) in [4.78, 5) is 11.0. The van der Waals surface area contributed by atoms with Crippen LogP contribution in [0.2, 0.25) is 0 Å². The van der Waals surface area contributed by atoms with Crippen molar-refractivity contribution in [2.24, 2.45) is 10.8 Å². The van der Waals surface area contributed by atoms with E-state index in [0.29, 0.717) is 16.6 Å². The maximum Gasteiger partial charge on any atom is 0.189 e. The molecule has 0 spiro atoms. The molecule has 4 rings (SSSR count). The van der Waals surface area contributed by atoms with Crippen molar-refractivity contribution in [1.82, 2.24) is 15.3 Å². The molecule has 0 saturated carbocycles. The highest BCUT2D eigenvalue weighted by molar-refractivity contribution is 7.99. The van der Waals surface area contributed by atoms with Gasteiger partial charge in [-0.1, -0.05) is 48.2 Å². The summed E-state index contributed by atoms with van der Waals surface area (Å²) in [5, 5.41) is 4.85. The van der Waals surface area contributed by atoms with Crippen LogP contribution in [0, 0.1) is 0 Å². The number of benzene rings is 2. The molecule has 0 unspecified atom stereocenters. The highest BCUT2D eigenvalue weighted by atomic mass is 32.2. The Morgan fingerprint density at radius 3 is 2.32 bits per heavy atom. The first-order valence-electron chi connectivity index (χ1n) is 10.1. The number of nitrogens with zero attached hydrogens (tertiary/aromatic N) is 4. The van der Waals surface area contributed by atoms with Crippen molar-refractivity contribution >= 4 is 40.6 Å². The molecule has 31 heavy (non-hydrogen) atoms. The maximum absolute atomic E-state index is 6.16. The van der Waals surface area contributed by atoms with Crippen LogP contribution < -0.4 is 16.1 Å². The van der Waals surface area contributed by atoms with E-state index in [1.807, 2.05) is 36.4 Å². The van der Waals surface area contributed by atoms with Crippen LogP contribution in [0.1, 0.15) is 5.69 Å². The minimum atomic E-state index is 0.306. The van der Waals surface area contributed by atoms with Crippen LogP contribution in [-0.2, 0) is 0 Å². The topological polar surface area (TPSA) is 69.8 Å². The van der Waals surface area contributed by atoms with Crippen LogP contribution in [0.3, 0.4) is 0 Å². The predicted molar refractivity (Wildman–Crippen MR) is 131 cm³/mol. The van der Waals surface area contributed by atoms with Gasteiger partial charge in [-0.3, -0.25) is 10.4 Å². The molecule has 0 amide bonds. The Kier molecular flexibility index (Phi) is 7.01. The number of piperazine rings is 1. The van der Waals surface area contributed by atoms with Gasteiger partial charge in [-0.2, -0.15) is 5.10 Å². The van der Waals surface area contributed by atoms with Crippen molar-refractivity contribution < 1.29 is 0 Å². The normalized spacial score (nSPS) is 14.4. The van der Waals surface area contributed by atoms with Crippen LogP contribution in [0.4, 0.5) is 5.69 Å². The van der Waals surface area contributed by atoms with Crippen LogP contribution >= 0.6 is 24.0 Å². The van der Waals surface area contributed by atoms with E-state index in [1.165, 1.54) is 5.69 Å². The number of aromatic nitrogens is 1. The van der Waals surface area contributed by atoms with Gasteiger partial charge in [0.15, 0.2) is 10.9 Å². The number of thiocarbonyl (C=S) groups is 1. The molecule has 1 aliphatic rings. The molecule has 0 radical (unpaired) electrons. The van der Waals surface area contributed by atoms with Crippen LogP contribution in [0.5, 0.6) is 0 Å². The third-order valence-electron chi connectivity index (χ3n) is 4.93. The number of nitrogens with one attached hydrogen (secondary N) is 1. The van der Waals surface area contributed by atoms with Crippen LogP contribution in [-0.4, -0.2) is 47.0 Å². The van der Waals surface area contributed by atoms with E-state index < -0.39 is 0 Å². The van der Waals surface area contributed by atoms with Gasteiger partial charge in [0.2, 0.25) is 0 Å². The van der Waals surface area contributed by atoms with Crippen molar-refractivity contribution in [3.05, 3.63) is 84.7 Å². The van der Waals surface area contributed by atoms with E-state index in [-0.39, 0.29) is 0 Å². The van der Waals surface area contributed by atoms with Gasteiger partial charge in [0.25, 0.3) is 0 Å². The molecule has 6 nitrogen and oxygen atoms in total. The Hall–Kier alpha value is -3.10. The number of amidine groups is 1. The molecule has 158 valence electrons. The number of pyridine rings is 1. The maximum atomic E-state index is 6.16. The molecule has 1 aliphatic heterocycles. The molecule has 2 heterocycles. The van der Waals surface area contributed by atoms with Gasteiger partial charge in [0.1, 0.15) is 5.69 Å². The highest BCUT2D eigenvalue weighted by Crippen LogP contribution is 2.27. The van der Waals surface area contributed by atoms with Crippen molar-refractivity contribution in [2.75, 3.05) is 31.1 Å². The van der Waals surface area contributed by atoms with Gasteiger partial charge >= 0.3 is 0 Å². The summed E-state index contributed by atoms with van der Waals surface area (Å²) in [7, 11) is 0. The third kappa shape index (κ3) is 5.74. The zero-order valence-corrected chi connectivity index (χ0v) is 18.6. The SMILES string of the molecule is N/C(=N\NC(=S)N1CCN(c2ccccc2)CC1)c1cc(Sc2ccccc2)ccn1. The fourth-order valence-electron chi connectivity index (χ4n) is 3.28. The monoisotopic (exact) mass is 448 g/mol. The fraction of sp³-hybridized carbons (Fsp3) is 0.174. The molecule has 1 saturated heterocycles.